The second-order valence-electron chi connectivity index (χ2n) is 8.26. The summed E-state index contributed by atoms with van der Waals surface area (Å²) in [5, 5.41) is 12.3. The molecule has 7 nitrogen and oxygen atoms in total. The highest BCUT2D eigenvalue weighted by Gasteiger charge is 2.24. The molecule has 2 aliphatic rings. The molecule has 0 bridgehead atoms. The molecule has 30 heavy (non-hydrogen) atoms. The molecular weight excluding hydrogens is 378 g/mol. The van der Waals surface area contributed by atoms with Crippen LogP contribution in [0.5, 0.6) is 0 Å². The first-order chi connectivity index (χ1) is 14.7. The summed E-state index contributed by atoms with van der Waals surface area (Å²) in [7, 11) is 2.17. The van der Waals surface area contributed by atoms with Crippen LogP contribution >= 0.6 is 0 Å². The molecule has 0 radical (unpaired) electrons. The van der Waals surface area contributed by atoms with E-state index >= 15 is 0 Å². The van der Waals surface area contributed by atoms with Crippen molar-refractivity contribution in [2.75, 3.05) is 42.5 Å². The molecule has 0 unspecified atom stereocenters. The third-order valence-electron chi connectivity index (χ3n) is 6.57. The van der Waals surface area contributed by atoms with Crippen LogP contribution in [0.15, 0.2) is 46.9 Å². The maximum atomic E-state index is 9.58. The fraction of sp³-hybridized carbons (Fsp3) is 0.348. The molecule has 1 N–H and O–H groups in total. The maximum Gasteiger partial charge on any atom is 0.298 e. The molecule has 0 atom stereocenters. The van der Waals surface area contributed by atoms with Crippen molar-refractivity contribution in [3.8, 4) is 0 Å². The van der Waals surface area contributed by atoms with Gasteiger partial charge < -0.3 is 24.0 Å². The lowest BCUT2D eigenvalue weighted by molar-refractivity contribution is -0.0939. The number of aromatic nitrogens is 2. The highest BCUT2D eigenvalue weighted by atomic mass is 16.5. The van der Waals surface area contributed by atoms with Gasteiger partial charge in [0.1, 0.15) is 5.52 Å². The zero-order valence-corrected chi connectivity index (χ0v) is 17.1. The molecule has 0 saturated carbocycles. The van der Waals surface area contributed by atoms with E-state index in [4.69, 9.17) is 9.40 Å². The number of hydrogen-bond acceptors (Lipinski definition) is 6. The van der Waals surface area contributed by atoms with Crippen LogP contribution in [0.4, 0.5) is 11.7 Å². The summed E-state index contributed by atoms with van der Waals surface area (Å²) >= 11 is 0. The molecule has 0 aliphatic carbocycles. The highest BCUT2D eigenvalue weighted by Crippen LogP contribution is 2.33. The smallest absolute Gasteiger partial charge is 0.298 e. The van der Waals surface area contributed by atoms with Crippen molar-refractivity contribution >= 4 is 33.7 Å². The normalized spacial score (nSPS) is 17.8. The molecule has 4 aromatic rings. The third kappa shape index (κ3) is 2.77. The predicted molar refractivity (Wildman–Crippen MR) is 117 cm³/mol. The van der Waals surface area contributed by atoms with Crippen molar-refractivity contribution < 1.29 is 9.62 Å². The molecule has 1 fully saturated rings. The fourth-order valence-corrected chi connectivity index (χ4v) is 4.85. The molecule has 2 aromatic carbocycles. The Hall–Kier alpha value is -3.03. The average Bonchev–Trinajstić information content (AvgIpc) is 3.33. The minimum atomic E-state index is 0.602. The molecular formula is C23H25N5O2. The second-order valence-corrected chi connectivity index (χ2v) is 8.26. The summed E-state index contributed by atoms with van der Waals surface area (Å²) in [5.74, 6) is 0. The van der Waals surface area contributed by atoms with Gasteiger partial charge in [-0.25, -0.2) is 0 Å². The third-order valence-corrected chi connectivity index (χ3v) is 6.57. The molecule has 2 aliphatic heterocycles. The lowest BCUT2D eigenvalue weighted by Gasteiger charge is -2.30. The van der Waals surface area contributed by atoms with Crippen molar-refractivity contribution in [2.24, 2.45) is 7.05 Å². The summed E-state index contributed by atoms with van der Waals surface area (Å²) in [6.07, 6.45) is 1.05. The van der Waals surface area contributed by atoms with Crippen molar-refractivity contribution in [2.45, 2.75) is 13.0 Å². The van der Waals surface area contributed by atoms with Gasteiger partial charge in [0, 0.05) is 62.1 Å². The van der Waals surface area contributed by atoms with Crippen LogP contribution in [0.25, 0.3) is 22.0 Å². The standard InChI is InChI=1S/C23H25N5O2/c1-25-20-5-3-2-4-17(20)18-8-9-27(15-21(18)25)16-6-7-22-19(14-16)24-23(30-22)26-10-12-28(29)13-11-26/h2-7,14,29H,8-13,15H2,1H3. The number of hydrogen-bond donors (Lipinski definition) is 1. The van der Waals surface area contributed by atoms with Crippen molar-refractivity contribution in [3.05, 3.63) is 53.7 Å². The average molecular weight is 403 g/mol. The topological polar surface area (TPSA) is 60.9 Å². The van der Waals surface area contributed by atoms with Gasteiger partial charge in [-0.2, -0.15) is 10.0 Å². The Labute approximate surface area is 174 Å². The summed E-state index contributed by atoms with van der Waals surface area (Å²) in [6, 6.07) is 15.6. The van der Waals surface area contributed by atoms with Crippen molar-refractivity contribution in [1.29, 1.82) is 0 Å². The van der Waals surface area contributed by atoms with Gasteiger partial charge >= 0.3 is 0 Å². The van der Waals surface area contributed by atoms with Gasteiger partial charge in [0.25, 0.3) is 6.01 Å². The van der Waals surface area contributed by atoms with E-state index in [1.807, 2.05) is 6.07 Å². The summed E-state index contributed by atoms with van der Waals surface area (Å²) in [5.41, 5.74) is 7.06. The number of oxazole rings is 1. The van der Waals surface area contributed by atoms with Crippen LogP contribution in [-0.2, 0) is 20.0 Å². The molecule has 2 aromatic heterocycles. The van der Waals surface area contributed by atoms with E-state index in [9.17, 15) is 5.21 Å². The van der Waals surface area contributed by atoms with E-state index < -0.39 is 0 Å². The number of nitrogens with zero attached hydrogens (tertiary/aromatic N) is 5. The molecule has 7 heteroatoms. The van der Waals surface area contributed by atoms with E-state index in [0.29, 0.717) is 32.2 Å². The zero-order chi connectivity index (χ0) is 20.2. The van der Waals surface area contributed by atoms with Gasteiger partial charge in [0.2, 0.25) is 0 Å². The van der Waals surface area contributed by atoms with Gasteiger partial charge in [-0.1, -0.05) is 18.2 Å². The van der Waals surface area contributed by atoms with Gasteiger partial charge in [0.15, 0.2) is 5.58 Å². The van der Waals surface area contributed by atoms with Crippen molar-refractivity contribution in [1.82, 2.24) is 14.6 Å². The summed E-state index contributed by atoms with van der Waals surface area (Å²) in [6.45, 7) is 4.53. The lowest BCUT2D eigenvalue weighted by Crippen LogP contribution is -2.44. The second kappa shape index (κ2) is 6.75. The van der Waals surface area contributed by atoms with Gasteiger partial charge in [-0.05, 0) is 36.2 Å². The van der Waals surface area contributed by atoms with Crippen LogP contribution in [-0.4, -0.2) is 52.5 Å². The molecule has 0 spiro atoms. The molecule has 154 valence electrons. The minimum Gasteiger partial charge on any atom is -0.423 e. The first-order valence-electron chi connectivity index (χ1n) is 10.6. The van der Waals surface area contributed by atoms with E-state index in [0.717, 1.165) is 30.6 Å². The number of aryl methyl sites for hydroxylation is 1. The SMILES string of the molecule is Cn1c2c(c3ccccc31)CCN(c1ccc3oc(N4CCN(O)CC4)nc3c1)C2. The Morgan fingerprint density at radius 2 is 1.80 bits per heavy atom. The quantitative estimate of drug-likeness (QED) is 0.554. The van der Waals surface area contributed by atoms with E-state index in [1.165, 1.54) is 32.9 Å². The zero-order valence-electron chi connectivity index (χ0n) is 17.1. The highest BCUT2D eigenvalue weighted by molar-refractivity contribution is 5.86. The number of fused-ring (bicyclic) bond motifs is 4. The number of piperazine rings is 1. The first kappa shape index (κ1) is 17.8. The lowest BCUT2D eigenvalue weighted by atomic mass is 10.0. The number of anilines is 2. The number of hydroxylamine groups is 2. The van der Waals surface area contributed by atoms with Gasteiger partial charge in [-0.3, -0.25) is 0 Å². The van der Waals surface area contributed by atoms with E-state index in [2.05, 4.69) is 57.8 Å². The molecule has 1 saturated heterocycles. The number of rotatable bonds is 2. The molecule has 4 heterocycles. The molecule has 6 rings (SSSR count). The predicted octanol–water partition coefficient (Wildman–Crippen LogP) is 3.39. The minimum absolute atomic E-state index is 0.602. The Morgan fingerprint density at radius 1 is 0.967 bits per heavy atom. The Morgan fingerprint density at radius 3 is 2.67 bits per heavy atom. The van der Waals surface area contributed by atoms with Gasteiger partial charge in [0.05, 0.1) is 6.54 Å². The maximum absolute atomic E-state index is 9.58. The van der Waals surface area contributed by atoms with Crippen LogP contribution in [0.1, 0.15) is 11.3 Å². The number of benzene rings is 2. The summed E-state index contributed by atoms with van der Waals surface area (Å²) in [4.78, 5) is 9.26. The first-order valence-corrected chi connectivity index (χ1v) is 10.6. The van der Waals surface area contributed by atoms with Crippen LogP contribution in [0, 0.1) is 0 Å². The van der Waals surface area contributed by atoms with Crippen LogP contribution in [0.2, 0.25) is 0 Å². The van der Waals surface area contributed by atoms with E-state index in [-0.39, 0.29) is 0 Å². The Balaban J connectivity index is 1.30. The van der Waals surface area contributed by atoms with E-state index in [1.54, 1.807) is 0 Å². The number of para-hydroxylation sites is 1. The monoisotopic (exact) mass is 403 g/mol. The fourth-order valence-electron chi connectivity index (χ4n) is 4.85. The largest absolute Gasteiger partial charge is 0.423 e. The van der Waals surface area contributed by atoms with Crippen molar-refractivity contribution in [3.63, 3.8) is 0 Å². The Kier molecular flexibility index (Phi) is 4.01. The Bertz CT molecular complexity index is 1240. The van der Waals surface area contributed by atoms with Gasteiger partial charge in [-0.15, -0.1) is 0 Å². The summed E-state index contributed by atoms with van der Waals surface area (Å²) < 4.78 is 8.33. The molecule has 0 amide bonds. The van der Waals surface area contributed by atoms with Crippen LogP contribution < -0.4 is 9.80 Å². The van der Waals surface area contributed by atoms with Crippen LogP contribution in [0.3, 0.4) is 0 Å².